The molecule has 1 heterocycles. The highest BCUT2D eigenvalue weighted by Crippen LogP contribution is 2.29. The first-order valence-corrected chi connectivity index (χ1v) is 5.13. The first-order valence-electron chi connectivity index (χ1n) is 4.76. The normalized spacial score (nSPS) is 10.6. The minimum atomic E-state index is -0.486. The Kier molecular flexibility index (Phi) is 3.64. The van der Waals surface area contributed by atoms with E-state index >= 15 is 0 Å². The summed E-state index contributed by atoms with van der Waals surface area (Å²) >= 11 is 5.70. The van der Waals surface area contributed by atoms with Crippen LogP contribution in [0, 0.1) is 17.0 Å². The van der Waals surface area contributed by atoms with Gasteiger partial charge in [-0.2, -0.15) is 4.98 Å². The highest BCUT2D eigenvalue weighted by atomic mass is 35.5. The lowest BCUT2D eigenvalue weighted by Gasteiger charge is -2.22. The van der Waals surface area contributed by atoms with Crippen LogP contribution in [0.3, 0.4) is 0 Å². The average Bonchev–Trinajstić information content (AvgIpc) is 2.14. The smallest absolute Gasteiger partial charge is 0.332 e. The predicted octanol–water partition coefficient (Wildman–Crippen LogP) is 2.19. The van der Waals surface area contributed by atoms with Gasteiger partial charge in [-0.25, -0.2) is 4.98 Å². The van der Waals surface area contributed by atoms with Gasteiger partial charge < -0.3 is 4.90 Å². The molecule has 0 unspecified atom stereocenters. The number of hydrogen-bond acceptors (Lipinski definition) is 5. The van der Waals surface area contributed by atoms with Gasteiger partial charge in [-0.3, -0.25) is 10.1 Å². The zero-order valence-corrected chi connectivity index (χ0v) is 10.3. The van der Waals surface area contributed by atoms with Gasteiger partial charge in [0.15, 0.2) is 0 Å². The topological polar surface area (TPSA) is 72.2 Å². The molecule has 0 saturated carbocycles. The lowest BCUT2D eigenvalue weighted by atomic mass is 10.3. The van der Waals surface area contributed by atoms with E-state index < -0.39 is 4.92 Å². The van der Waals surface area contributed by atoms with Crippen molar-refractivity contribution in [3.8, 4) is 0 Å². The molecule has 0 saturated heterocycles. The van der Waals surface area contributed by atoms with Gasteiger partial charge in [-0.05, 0) is 32.4 Å². The van der Waals surface area contributed by atoms with Gasteiger partial charge in [0.25, 0.3) is 0 Å². The number of aromatic nitrogens is 2. The number of aryl methyl sites for hydroxylation is 1. The summed E-state index contributed by atoms with van der Waals surface area (Å²) in [6.45, 7) is 5.37. The van der Waals surface area contributed by atoms with Crippen LogP contribution in [0.1, 0.15) is 19.5 Å². The molecule has 0 atom stereocenters. The maximum absolute atomic E-state index is 10.9. The van der Waals surface area contributed by atoms with Crippen LogP contribution < -0.4 is 4.90 Å². The molecule has 1 aromatic rings. The van der Waals surface area contributed by atoms with E-state index in [2.05, 4.69) is 9.97 Å². The van der Waals surface area contributed by atoms with Crippen molar-refractivity contribution in [3.05, 3.63) is 21.1 Å². The number of rotatable bonds is 3. The Labute approximate surface area is 98.4 Å². The Morgan fingerprint density at radius 2 is 2.00 bits per heavy atom. The van der Waals surface area contributed by atoms with E-state index in [-0.39, 0.29) is 28.5 Å². The van der Waals surface area contributed by atoms with Crippen molar-refractivity contribution in [2.24, 2.45) is 0 Å². The number of anilines is 1. The molecule has 0 N–H and O–H groups in total. The maximum atomic E-state index is 10.9. The lowest BCUT2D eigenvalue weighted by molar-refractivity contribution is -0.385. The van der Waals surface area contributed by atoms with Crippen molar-refractivity contribution in [1.29, 1.82) is 0 Å². The van der Waals surface area contributed by atoms with E-state index in [4.69, 9.17) is 11.6 Å². The van der Waals surface area contributed by atoms with Crippen molar-refractivity contribution in [2.45, 2.75) is 26.8 Å². The van der Waals surface area contributed by atoms with Crippen LogP contribution in [-0.4, -0.2) is 28.0 Å². The minimum absolute atomic E-state index is 0.0191. The fraction of sp³-hybridized carbons (Fsp3) is 0.556. The SMILES string of the molecule is Cc1nc(Cl)nc(N(C)C(C)C)c1[N+](=O)[O-]. The van der Waals surface area contributed by atoms with Gasteiger partial charge in [0.2, 0.25) is 11.1 Å². The van der Waals surface area contributed by atoms with E-state index in [1.54, 1.807) is 18.9 Å². The van der Waals surface area contributed by atoms with Gasteiger partial charge in [-0.1, -0.05) is 0 Å². The molecule has 0 aliphatic carbocycles. The summed E-state index contributed by atoms with van der Waals surface area (Å²) in [6.07, 6.45) is 0. The van der Waals surface area contributed by atoms with Gasteiger partial charge in [0, 0.05) is 13.1 Å². The van der Waals surface area contributed by atoms with E-state index in [9.17, 15) is 10.1 Å². The number of nitro groups is 1. The summed E-state index contributed by atoms with van der Waals surface area (Å²) < 4.78 is 0. The summed E-state index contributed by atoms with van der Waals surface area (Å²) in [5, 5.41) is 11.0. The molecule has 6 nitrogen and oxygen atoms in total. The first-order chi connectivity index (χ1) is 7.34. The molecule has 0 aromatic carbocycles. The molecular weight excluding hydrogens is 232 g/mol. The van der Waals surface area contributed by atoms with Crippen LogP contribution in [0.4, 0.5) is 11.5 Å². The van der Waals surface area contributed by atoms with E-state index in [0.29, 0.717) is 0 Å². The second-order valence-corrected chi connectivity index (χ2v) is 4.05. The average molecular weight is 245 g/mol. The molecule has 0 radical (unpaired) electrons. The van der Waals surface area contributed by atoms with Crippen molar-refractivity contribution < 1.29 is 4.92 Å². The Bertz CT molecular complexity index is 422. The molecule has 88 valence electrons. The first kappa shape index (κ1) is 12.6. The van der Waals surface area contributed by atoms with Gasteiger partial charge in [0.05, 0.1) is 4.92 Å². The van der Waals surface area contributed by atoms with Crippen molar-refractivity contribution >= 4 is 23.1 Å². The highest BCUT2D eigenvalue weighted by Gasteiger charge is 2.25. The summed E-state index contributed by atoms with van der Waals surface area (Å²) in [7, 11) is 1.73. The summed E-state index contributed by atoms with van der Waals surface area (Å²) in [4.78, 5) is 19.8. The van der Waals surface area contributed by atoms with Crippen molar-refractivity contribution in [3.63, 3.8) is 0 Å². The molecule has 0 amide bonds. The Hall–Kier alpha value is -1.43. The fourth-order valence-corrected chi connectivity index (χ4v) is 1.43. The molecule has 0 bridgehead atoms. The Balaban J connectivity index is 3.40. The van der Waals surface area contributed by atoms with E-state index in [1.165, 1.54) is 0 Å². The summed E-state index contributed by atoms with van der Waals surface area (Å²) in [5.74, 6) is 0.248. The maximum Gasteiger partial charge on any atom is 0.332 e. The largest absolute Gasteiger partial charge is 0.351 e. The molecule has 7 heteroatoms. The standard InChI is InChI=1S/C9H13ClN4O2/c1-5(2)13(4)8-7(14(15)16)6(3)11-9(10)12-8/h5H,1-4H3. The number of nitrogens with zero attached hydrogens (tertiary/aromatic N) is 4. The quantitative estimate of drug-likeness (QED) is 0.463. The molecule has 1 rings (SSSR count). The molecule has 0 fully saturated rings. The molecule has 0 spiro atoms. The van der Waals surface area contributed by atoms with Gasteiger partial charge >= 0.3 is 5.69 Å². The lowest BCUT2D eigenvalue weighted by Crippen LogP contribution is -2.27. The Morgan fingerprint density at radius 1 is 1.44 bits per heavy atom. The second kappa shape index (κ2) is 4.61. The van der Waals surface area contributed by atoms with Crippen LogP contribution in [0.2, 0.25) is 5.28 Å². The summed E-state index contributed by atoms with van der Waals surface area (Å²) in [5.41, 5.74) is 0.174. The predicted molar refractivity (Wildman–Crippen MR) is 62.0 cm³/mol. The fourth-order valence-electron chi connectivity index (χ4n) is 1.22. The van der Waals surface area contributed by atoms with Crippen molar-refractivity contribution in [1.82, 2.24) is 9.97 Å². The molecule has 0 aliphatic rings. The van der Waals surface area contributed by atoms with Crippen molar-refractivity contribution in [2.75, 3.05) is 11.9 Å². The number of halogens is 1. The molecular formula is C9H13ClN4O2. The van der Waals surface area contributed by atoms with Crippen LogP contribution in [0.15, 0.2) is 0 Å². The van der Waals surface area contributed by atoms with Crippen LogP contribution in [-0.2, 0) is 0 Å². The highest BCUT2D eigenvalue weighted by molar-refractivity contribution is 6.28. The second-order valence-electron chi connectivity index (χ2n) is 3.71. The zero-order chi connectivity index (χ0) is 12.5. The van der Waals surface area contributed by atoms with E-state index in [1.807, 2.05) is 13.8 Å². The third-order valence-corrected chi connectivity index (χ3v) is 2.47. The summed E-state index contributed by atoms with van der Waals surface area (Å²) in [6, 6.07) is 0.0871. The Morgan fingerprint density at radius 3 is 2.44 bits per heavy atom. The van der Waals surface area contributed by atoms with Gasteiger partial charge in [0.1, 0.15) is 5.69 Å². The minimum Gasteiger partial charge on any atom is -0.351 e. The van der Waals surface area contributed by atoms with Crippen LogP contribution in [0.5, 0.6) is 0 Å². The molecule has 1 aromatic heterocycles. The third kappa shape index (κ3) is 2.38. The van der Waals surface area contributed by atoms with Crippen LogP contribution in [0.25, 0.3) is 0 Å². The van der Waals surface area contributed by atoms with Gasteiger partial charge in [-0.15, -0.1) is 0 Å². The third-order valence-electron chi connectivity index (χ3n) is 2.30. The zero-order valence-electron chi connectivity index (χ0n) is 9.56. The molecule has 0 aliphatic heterocycles. The van der Waals surface area contributed by atoms with E-state index in [0.717, 1.165) is 0 Å². The number of hydrogen-bond donors (Lipinski definition) is 0. The molecule has 16 heavy (non-hydrogen) atoms. The van der Waals surface area contributed by atoms with Crippen LogP contribution >= 0.6 is 11.6 Å². The monoisotopic (exact) mass is 244 g/mol.